The predicted octanol–water partition coefficient (Wildman–Crippen LogP) is 6.45. The molecule has 0 unspecified atom stereocenters. The number of alkyl halides is 3. The molecule has 3 aliphatic rings. The Balaban J connectivity index is 1.17. The van der Waals surface area contributed by atoms with Gasteiger partial charge in [-0.2, -0.15) is 13.2 Å². The van der Waals surface area contributed by atoms with Crippen LogP contribution in [0.5, 0.6) is 0 Å². The van der Waals surface area contributed by atoms with Gasteiger partial charge in [0.1, 0.15) is 6.04 Å². The number of urea groups is 1. The molecule has 10 heteroatoms. The smallest absolute Gasteiger partial charge is 0.416 e. The molecule has 2 saturated heterocycles. The minimum Gasteiger partial charge on any atom is -0.480 e. The molecule has 45 heavy (non-hydrogen) atoms. The number of halogens is 3. The fraction of sp³-hybridized carbons (Fsp3) is 0.600. The van der Waals surface area contributed by atoms with Crippen LogP contribution in [0.4, 0.5) is 18.0 Å². The van der Waals surface area contributed by atoms with Gasteiger partial charge in [0.15, 0.2) is 0 Å². The van der Waals surface area contributed by atoms with Gasteiger partial charge < -0.3 is 20.2 Å². The fourth-order valence-electron chi connectivity index (χ4n) is 7.90. The van der Waals surface area contributed by atoms with Gasteiger partial charge in [-0.15, -0.1) is 0 Å². The molecule has 3 fully saturated rings. The van der Waals surface area contributed by atoms with E-state index in [9.17, 15) is 27.9 Å². The van der Waals surface area contributed by atoms with Crippen molar-refractivity contribution in [3.8, 4) is 0 Å². The lowest BCUT2D eigenvalue weighted by Crippen LogP contribution is -2.51. The lowest BCUT2D eigenvalue weighted by molar-refractivity contribution is -0.145. The number of carbonyl (C=O) groups is 2. The van der Waals surface area contributed by atoms with Gasteiger partial charge in [0, 0.05) is 57.8 Å². The third-order valence-electron chi connectivity index (χ3n) is 10.3. The number of carboxylic acids is 1. The molecule has 2 aromatic rings. The summed E-state index contributed by atoms with van der Waals surface area (Å²) in [5.41, 5.74) is 1.19. The van der Waals surface area contributed by atoms with Crippen LogP contribution in [-0.2, 0) is 17.5 Å². The van der Waals surface area contributed by atoms with Gasteiger partial charge in [-0.25, -0.2) is 4.79 Å². The number of amides is 2. The average molecular weight is 629 g/mol. The molecule has 7 nitrogen and oxygen atoms in total. The normalized spacial score (nSPS) is 23.1. The van der Waals surface area contributed by atoms with Crippen molar-refractivity contribution in [2.45, 2.75) is 82.6 Å². The van der Waals surface area contributed by atoms with E-state index in [-0.39, 0.29) is 30.5 Å². The molecule has 2 amide bonds. The van der Waals surface area contributed by atoms with Gasteiger partial charge in [0.2, 0.25) is 0 Å². The van der Waals surface area contributed by atoms with Crippen LogP contribution in [0.15, 0.2) is 54.6 Å². The van der Waals surface area contributed by atoms with Crippen LogP contribution in [0, 0.1) is 11.8 Å². The van der Waals surface area contributed by atoms with Crippen LogP contribution in [0.1, 0.15) is 74.5 Å². The Morgan fingerprint density at radius 3 is 2.22 bits per heavy atom. The van der Waals surface area contributed by atoms with E-state index in [0.29, 0.717) is 18.0 Å². The molecule has 0 radical (unpaired) electrons. The molecule has 1 aliphatic carbocycles. The molecule has 0 aromatic heterocycles. The Bertz CT molecular complexity index is 1250. The largest absolute Gasteiger partial charge is 0.480 e. The minimum atomic E-state index is -4.38. The number of nitrogens with zero attached hydrogens (tertiary/aromatic N) is 3. The molecular formula is C35H47F3N4O3. The zero-order valence-electron chi connectivity index (χ0n) is 26.2. The fourth-order valence-corrected chi connectivity index (χ4v) is 7.90. The summed E-state index contributed by atoms with van der Waals surface area (Å²) in [6, 6.07) is 14.9. The maximum atomic E-state index is 13.1. The Hall–Kier alpha value is -3.11. The number of rotatable bonds is 10. The zero-order chi connectivity index (χ0) is 32.0. The Morgan fingerprint density at radius 2 is 1.62 bits per heavy atom. The molecular weight excluding hydrogens is 581 g/mol. The first-order valence-corrected chi connectivity index (χ1v) is 16.6. The summed E-state index contributed by atoms with van der Waals surface area (Å²) in [5, 5.41) is 13.2. The van der Waals surface area contributed by atoms with E-state index < -0.39 is 23.8 Å². The average Bonchev–Trinajstić information content (AvgIpc) is 3.44. The summed E-state index contributed by atoms with van der Waals surface area (Å²) in [7, 11) is 0. The van der Waals surface area contributed by atoms with Crippen LogP contribution in [0.3, 0.4) is 0 Å². The van der Waals surface area contributed by atoms with Crippen LogP contribution in [0.25, 0.3) is 0 Å². The first kappa shape index (κ1) is 33.3. The standard InChI is InChI=1S/C35H47F3N4O3/c1-2-42(34(45)39-21-25-13-15-29(16-14-25)35(36,37)38)30-17-19-40(20-18-30)22-28-23-41(24-31(28)26-9-5-3-6-10-26)32(33(43)44)27-11-7-4-8-12-27/h3,5-6,9-10,13-16,27-28,30-32H,2,4,7-8,11-12,17-24H2,1H3,(H,39,45)(H,43,44)/t28-,31+,32+/m0/s1. The highest BCUT2D eigenvalue weighted by molar-refractivity contribution is 5.74. The SMILES string of the molecule is CCN(C(=O)NCc1ccc(C(F)(F)F)cc1)C1CCN(C[C@H]2CN([C@@H](C(=O)O)C3CCCCC3)C[C@@H]2c2ccccc2)CC1. The van der Waals surface area contributed by atoms with Crippen molar-refractivity contribution < 1.29 is 27.9 Å². The maximum absolute atomic E-state index is 13.1. The lowest BCUT2D eigenvalue weighted by atomic mass is 9.83. The van der Waals surface area contributed by atoms with E-state index in [4.69, 9.17) is 0 Å². The molecule has 5 rings (SSSR count). The van der Waals surface area contributed by atoms with E-state index in [0.717, 1.165) is 83.4 Å². The summed E-state index contributed by atoms with van der Waals surface area (Å²) < 4.78 is 38.6. The summed E-state index contributed by atoms with van der Waals surface area (Å²) in [6.45, 7) is 6.83. The van der Waals surface area contributed by atoms with E-state index in [1.165, 1.54) is 24.1 Å². The maximum Gasteiger partial charge on any atom is 0.416 e. The van der Waals surface area contributed by atoms with E-state index in [1.807, 2.05) is 17.9 Å². The van der Waals surface area contributed by atoms with Crippen LogP contribution >= 0.6 is 0 Å². The number of carboxylic acid groups (broad SMARTS) is 1. The highest BCUT2D eigenvalue weighted by Gasteiger charge is 2.43. The number of nitrogens with one attached hydrogen (secondary N) is 1. The van der Waals surface area contributed by atoms with Crippen molar-refractivity contribution in [1.29, 1.82) is 0 Å². The van der Waals surface area contributed by atoms with E-state index in [1.54, 1.807) is 0 Å². The highest BCUT2D eigenvalue weighted by atomic mass is 19.4. The predicted molar refractivity (Wildman–Crippen MR) is 168 cm³/mol. The van der Waals surface area contributed by atoms with Gasteiger partial charge in [-0.05, 0) is 67.7 Å². The third-order valence-corrected chi connectivity index (χ3v) is 10.3. The van der Waals surface area contributed by atoms with Crippen LogP contribution < -0.4 is 5.32 Å². The van der Waals surface area contributed by atoms with E-state index in [2.05, 4.69) is 39.4 Å². The van der Waals surface area contributed by atoms with E-state index >= 15 is 0 Å². The molecule has 0 spiro atoms. The molecule has 0 bridgehead atoms. The molecule has 3 atom stereocenters. The number of aliphatic carboxylic acids is 1. The van der Waals surface area contributed by atoms with Gasteiger partial charge in [-0.3, -0.25) is 9.69 Å². The number of hydrogen-bond acceptors (Lipinski definition) is 4. The first-order valence-electron chi connectivity index (χ1n) is 16.6. The zero-order valence-corrected chi connectivity index (χ0v) is 26.2. The third kappa shape index (κ3) is 8.38. The van der Waals surface area contributed by atoms with Crippen molar-refractivity contribution in [1.82, 2.24) is 20.0 Å². The summed E-state index contributed by atoms with van der Waals surface area (Å²) >= 11 is 0. The van der Waals surface area contributed by atoms with Gasteiger partial charge in [0.25, 0.3) is 0 Å². The Morgan fingerprint density at radius 1 is 0.956 bits per heavy atom. The molecule has 246 valence electrons. The molecule has 2 aliphatic heterocycles. The molecule has 2 aromatic carbocycles. The number of hydrogen-bond donors (Lipinski definition) is 2. The lowest BCUT2D eigenvalue weighted by Gasteiger charge is -2.39. The minimum absolute atomic E-state index is 0.0894. The number of carbonyl (C=O) groups excluding carboxylic acids is 1. The van der Waals surface area contributed by atoms with Gasteiger partial charge in [0.05, 0.1) is 5.56 Å². The monoisotopic (exact) mass is 628 g/mol. The topological polar surface area (TPSA) is 76.1 Å². The second kappa shape index (κ2) is 15.0. The van der Waals surface area contributed by atoms with Crippen molar-refractivity contribution in [3.63, 3.8) is 0 Å². The summed E-state index contributed by atoms with van der Waals surface area (Å²) in [6.07, 6.45) is 2.72. The number of piperidine rings is 1. The van der Waals surface area contributed by atoms with Crippen molar-refractivity contribution in [2.75, 3.05) is 39.3 Å². The Kier molecular flexibility index (Phi) is 11.1. The Labute approximate surface area is 264 Å². The summed E-state index contributed by atoms with van der Waals surface area (Å²) in [5.74, 6) is 0.125. The van der Waals surface area contributed by atoms with Crippen LogP contribution in [0.2, 0.25) is 0 Å². The van der Waals surface area contributed by atoms with Gasteiger partial charge >= 0.3 is 18.2 Å². The van der Waals surface area contributed by atoms with Crippen molar-refractivity contribution in [3.05, 3.63) is 71.3 Å². The second-order valence-electron chi connectivity index (χ2n) is 13.1. The summed E-state index contributed by atoms with van der Waals surface area (Å²) in [4.78, 5) is 32.2. The van der Waals surface area contributed by atoms with Crippen molar-refractivity contribution >= 4 is 12.0 Å². The van der Waals surface area contributed by atoms with Gasteiger partial charge in [-0.1, -0.05) is 61.7 Å². The highest BCUT2D eigenvalue weighted by Crippen LogP contribution is 2.38. The molecule has 1 saturated carbocycles. The molecule has 2 heterocycles. The number of likely N-dealkylation sites (tertiary alicyclic amines) is 2. The first-order chi connectivity index (χ1) is 21.6. The number of benzene rings is 2. The van der Waals surface area contributed by atoms with Crippen molar-refractivity contribution in [2.24, 2.45) is 11.8 Å². The van der Waals surface area contributed by atoms with Crippen LogP contribution in [-0.4, -0.2) is 83.2 Å². The quantitative estimate of drug-likeness (QED) is 0.316. The second-order valence-corrected chi connectivity index (χ2v) is 13.1. The molecule has 2 N–H and O–H groups in total.